The molecule has 0 aliphatic carbocycles. The first-order valence-corrected chi connectivity index (χ1v) is 18.2. The second kappa shape index (κ2) is 18.0. The van der Waals surface area contributed by atoms with Gasteiger partial charge in [0.1, 0.15) is 4.90 Å². The van der Waals surface area contributed by atoms with Crippen LogP contribution in [0.5, 0.6) is 0 Å². The van der Waals surface area contributed by atoms with Gasteiger partial charge in [0.2, 0.25) is 4.99 Å². The van der Waals surface area contributed by atoms with Crippen LogP contribution in [0, 0.1) is 0 Å². The third kappa shape index (κ3) is 10.5. The standard InChI is InChI=1S/C31H48N2O6S2.Na/c1-2-3-4-5-6-7-8-9-10-11-12-13-14-15-19-25-31(41(37,38)39)32-30-28(23-20-24-29(30)40(34,35)36)33(31)26-27-21-17-16-18-22-27;/h16-18,20-24,32H,2-15,19,25-26H2,1H3,(H,34,35,36)(H,37,38,39);. The van der Waals surface area contributed by atoms with Gasteiger partial charge in [-0.3, -0.25) is 9.11 Å². The van der Waals surface area contributed by atoms with Gasteiger partial charge in [-0.2, -0.15) is 16.8 Å². The van der Waals surface area contributed by atoms with Crippen molar-refractivity contribution in [1.82, 2.24) is 0 Å². The van der Waals surface area contributed by atoms with Crippen molar-refractivity contribution in [3.05, 3.63) is 54.1 Å². The van der Waals surface area contributed by atoms with Gasteiger partial charge >= 0.3 is 10.1 Å². The number of unbranched alkanes of at least 4 members (excludes halogenated alkanes) is 14. The first-order valence-electron chi connectivity index (χ1n) is 15.3. The average molecular weight is 632 g/mol. The Bertz CT molecular complexity index is 1290. The Morgan fingerprint density at radius 3 is 1.67 bits per heavy atom. The van der Waals surface area contributed by atoms with Crippen LogP contribution in [0.15, 0.2) is 53.4 Å². The van der Waals surface area contributed by atoms with Gasteiger partial charge < -0.3 is 10.2 Å². The summed E-state index contributed by atoms with van der Waals surface area (Å²) in [6.45, 7) is 2.36. The number of nitrogens with zero attached hydrogens (tertiary/aromatic N) is 1. The molecular formula is C31H48N2NaO6S2. The largest absolute Gasteiger partial charge is 0.345 e. The van der Waals surface area contributed by atoms with Gasteiger partial charge in [0.05, 0.1) is 11.4 Å². The molecular weight excluding hydrogens is 583 g/mol. The van der Waals surface area contributed by atoms with Crippen LogP contribution in [0.25, 0.3) is 0 Å². The van der Waals surface area contributed by atoms with Gasteiger partial charge in [-0.1, -0.05) is 133 Å². The third-order valence-electron chi connectivity index (χ3n) is 8.06. The summed E-state index contributed by atoms with van der Waals surface area (Å²) < 4.78 is 70.6. The van der Waals surface area contributed by atoms with E-state index in [-0.39, 0.29) is 48.2 Å². The molecule has 2 aromatic rings. The van der Waals surface area contributed by atoms with Crippen molar-refractivity contribution in [3.63, 3.8) is 0 Å². The van der Waals surface area contributed by atoms with E-state index >= 15 is 0 Å². The van der Waals surface area contributed by atoms with Crippen molar-refractivity contribution in [2.24, 2.45) is 0 Å². The van der Waals surface area contributed by atoms with Crippen molar-refractivity contribution >= 4 is 61.2 Å². The molecule has 0 fully saturated rings. The molecule has 1 unspecified atom stereocenters. The Morgan fingerprint density at radius 2 is 1.19 bits per heavy atom. The molecule has 231 valence electrons. The second-order valence-corrected chi connectivity index (χ2v) is 14.3. The minimum atomic E-state index is -4.74. The number of anilines is 2. The molecule has 0 bridgehead atoms. The zero-order chi connectivity index (χ0) is 29.8. The van der Waals surface area contributed by atoms with Gasteiger partial charge in [-0.05, 0) is 24.1 Å². The zero-order valence-corrected chi connectivity index (χ0v) is 29.1. The molecule has 1 heterocycles. The fourth-order valence-electron chi connectivity index (χ4n) is 5.79. The number of para-hydroxylation sites is 1. The Balaban J connectivity index is 0.00000616. The van der Waals surface area contributed by atoms with E-state index in [0.29, 0.717) is 12.1 Å². The zero-order valence-electron chi connectivity index (χ0n) is 25.4. The SMILES string of the molecule is CCCCCCCCCCCCCCCCCC1(S(=O)(=O)O)Nc2c(cccc2S(=O)(=O)O)N1Cc1ccccc1.[Na]. The molecule has 1 atom stereocenters. The van der Waals surface area contributed by atoms with Crippen LogP contribution in [0.4, 0.5) is 11.4 Å². The van der Waals surface area contributed by atoms with Gasteiger partial charge in [-0.15, -0.1) is 0 Å². The predicted molar refractivity (Wildman–Crippen MR) is 172 cm³/mol. The van der Waals surface area contributed by atoms with E-state index in [9.17, 15) is 25.9 Å². The van der Waals surface area contributed by atoms with Crippen LogP contribution in [0.3, 0.4) is 0 Å². The third-order valence-corrected chi connectivity index (χ3v) is 10.3. The normalized spacial score (nSPS) is 16.6. The van der Waals surface area contributed by atoms with E-state index in [4.69, 9.17) is 0 Å². The molecule has 3 N–H and O–H groups in total. The number of hydrogen-bond acceptors (Lipinski definition) is 6. The van der Waals surface area contributed by atoms with Crippen molar-refractivity contribution in [1.29, 1.82) is 0 Å². The summed E-state index contributed by atoms with van der Waals surface area (Å²) in [6.07, 6.45) is 17.7. The van der Waals surface area contributed by atoms with Crippen LogP contribution in [-0.4, -0.2) is 60.5 Å². The van der Waals surface area contributed by atoms with E-state index in [0.717, 1.165) is 31.2 Å². The quantitative estimate of drug-likeness (QED) is 0.0769. The van der Waals surface area contributed by atoms with Crippen LogP contribution >= 0.6 is 0 Å². The summed E-state index contributed by atoms with van der Waals surface area (Å²) in [5.74, 6) is 0. The van der Waals surface area contributed by atoms with Gasteiger partial charge in [0.25, 0.3) is 10.1 Å². The molecule has 0 spiro atoms. The molecule has 1 aliphatic rings. The topological polar surface area (TPSA) is 124 Å². The molecule has 3 rings (SSSR count). The number of benzene rings is 2. The maximum atomic E-state index is 13.0. The summed E-state index contributed by atoms with van der Waals surface area (Å²) in [6, 6.07) is 13.5. The van der Waals surface area contributed by atoms with Gasteiger partial charge in [-0.25, -0.2) is 0 Å². The minimum absolute atomic E-state index is 0. The van der Waals surface area contributed by atoms with Crippen LogP contribution in [-0.2, 0) is 26.8 Å². The second-order valence-electron chi connectivity index (χ2n) is 11.3. The average Bonchev–Trinajstić information content (AvgIpc) is 3.25. The first-order chi connectivity index (χ1) is 19.6. The number of hydrogen-bond donors (Lipinski definition) is 3. The van der Waals surface area contributed by atoms with Crippen molar-refractivity contribution in [2.45, 2.75) is 126 Å². The number of nitrogens with one attached hydrogen (secondary N) is 1. The predicted octanol–water partition coefficient (Wildman–Crippen LogP) is 7.79. The van der Waals surface area contributed by atoms with Crippen molar-refractivity contribution in [3.8, 4) is 0 Å². The fraction of sp³-hybridized carbons (Fsp3) is 0.613. The molecule has 0 aromatic heterocycles. The number of rotatable bonds is 20. The summed E-state index contributed by atoms with van der Waals surface area (Å²) in [7, 11) is -9.38. The monoisotopic (exact) mass is 631 g/mol. The van der Waals surface area contributed by atoms with Gasteiger partial charge in [0, 0.05) is 42.5 Å². The first kappa shape index (κ1) is 37.0. The van der Waals surface area contributed by atoms with Crippen LogP contribution in [0.1, 0.15) is 115 Å². The van der Waals surface area contributed by atoms with Crippen LogP contribution < -0.4 is 10.2 Å². The fourth-order valence-corrected chi connectivity index (χ4v) is 7.53. The summed E-state index contributed by atoms with van der Waals surface area (Å²) >= 11 is 0. The Kier molecular flexibility index (Phi) is 15.9. The Labute approximate surface area is 275 Å². The molecule has 11 heteroatoms. The maximum Gasteiger partial charge on any atom is 0.308 e. The molecule has 0 saturated heterocycles. The van der Waals surface area contributed by atoms with E-state index in [1.165, 1.54) is 81.2 Å². The molecule has 1 radical (unpaired) electrons. The molecule has 0 saturated carbocycles. The summed E-state index contributed by atoms with van der Waals surface area (Å²) in [5, 5.41) is 2.83. The van der Waals surface area contributed by atoms with Gasteiger partial charge in [0.15, 0.2) is 0 Å². The summed E-state index contributed by atoms with van der Waals surface area (Å²) in [4.78, 5) is -0.872. The van der Waals surface area contributed by atoms with Crippen molar-refractivity contribution in [2.75, 3.05) is 10.2 Å². The Hall–Kier alpha value is -1.14. The van der Waals surface area contributed by atoms with E-state index in [1.807, 2.05) is 30.3 Å². The minimum Gasteiger partial charge on any atom is -0.345 e. The molecule has 2 aromatic carbocycles. The Morgan fingerprint density at radius 1 is 0.690 bits per heavy atom. The molecule has 0 amide bonds. The van der Waals surface area contributed by atoms with E-state index < -0.39 is 30.1 Å². The number of fused-ring (bicyclic) bond motifs is 1. The van der Waals surface area contributed by atoms with E-state index in [2.05, 4.69) is 12.2 Å². The molecule has 8 nitrogen and oxygen atoms in total. The van der Waals surface area contributed by atoms with Crippen molar-refractivity contribution < 1.29 is 25.9 Å². The van der Waals surface area contributed by atoms with Crippen LogP contribution in [0.2, 0.25) is 0 Å². The summed E-state index contributed by atoms with van der Waals surface area (Å²) in [5.41, 5.74) is 1.07. The maximum absolute atomic E-state index is 13.0. The molecule has 1 aliphatic heterocycles. The molecule has 42 heavy (non-hydrogen) atoms. The van der Waals surface area contributed by atoms with E-state index in [1.54, 1.807) is 6.07 Å². The smallest absolute Gasteiger partial charge is 0.308 e.